The Morgan fingerprint density at radius 1 is 1.39 bits per heavy atom. The molecule has 2 N–H and O–H groups in total. The van der Waals surface area contributed by atoms with E-state index in [2.05, 4.69) is 11.4 Å². The predicted octanol–water partition coefficient (Wildman–Crippen LogP) is 1.96. The Hall–Kier alpha value is -1.88. The quantitative estimate of drug-likeness (QED) is 0.476. The van der Waals surface area contributed by atoms with Crippen molar-refractivity contribution in [1.82, 2.24) is 5.32 Å². The highest BCUT2D eigenvalue weighted by Crippen LogP contribution is 1.97. The summed E-state index contributed by atoms with van der Waals surface area (Å²) in [4.78, 5) is 11.3. The Labute approximate surface area is 107 Å². The third-order valence-corrected chi connectivity index (χ3v) is 2.00. The van der Waals surface area contributed by atoms with Crippen LogP contribution in [-0.4, -0.2) is 31.2 Å². The summed E-state index contributed by atoms with van der Waals surface area (Å²) in [5, 5.41) is 9.99. The van der Waals surface area contributed by atoms with Crippen LogP contribution >= 0.6 is 0 Å². The first-order valence-corrected chi connectivity index (χ1v) is 5.70. The van der Waals surface area contributed by atoms with Crippen LogP contribution in [0, 0.1) is 11.5 Å². The summed E-state index contributed by atoms with van der Waals surface area (Å²) in [7, 11) is 0. The molecule has 0 aliphatic carbocycles. The fourth-order valence-electron chi connectivity index (χ4n) is 1.18. The van der Waals surface area contributed by atoms with Crippen LogP contribution in [0.25, 0.3) is 0 Å². The molecule has 0 atom stereocenters. The van der Waals surface area contributed by atoms with Crippen LogP contribution in [0.4, 0.5) is 4.79 Å². The molecule has 0 heterocycles. The normalized spacial score (nSPS) is 10.2. The van der Waals surface area contributed by atoms with Gasteiger partial charge < -0.3 is 9.47 Å². The van der Waals surface area contributed by atoms with E-state index in [-0.39, 0.29) is 18.5 Å². The molecule has 97 valence electrons. The lowest BCUT2D eigenvalue weighted by molar-refractivity contribution is 0.0406. The molecule has 0 aromatic heterocycles. The lowest BCUT2D eigenvalue weighted by Gasteiger charge is -2.09. The number of alkyl carbamates (subject to hydrolysis) is 1. The van der Waals surface area contributed by atoms with Crippen molar-refractivity contribution in [3.05, 3.63) is 35.9 Å². The van der Waals surface area contributed by atoms with Crippen LogP contribution < -0.4 is 5.32 Å². The Morgan fingerprint density at radius 3 is 2.67 bits per heavy atom. The number of nitrogens with one attached hydrogen (secondary N) is 2. The summed E-state index contributed by atoms with van der Waals surface area (Å²) in [6.45, 7) is 4.32. The molecule has 0 aliphatic heterocycles. The van der Waals surface area contributed by atoms with Crippen LogP contribution in [0.3, 0.4) is 0 Å². The second kappa shape index (κ2) is 7.45. The summed E-state index contributed by atoms with van der Waals surface area (Å²) >= 11 is 0. The van der Waals surface area contributed by atoms with Crippen LogP contribution in [0.15, 0.2) is 24.3 Å². The van der Waals surface area contributed by atoms with E-state index in [0.717, 1.165) is 0 Å². The third kappa shape index (κ3) is 5.45. The van der Waals surface area contributed by atoms with Gasteiger partial charge in [0.15, 0.2) is 0 Å². The highest BCUT2D eigenvalue weighted by atomic mass is 16.6. The van der Waals surface area contributed by atoms with E-state index in [9.17, 15) is 4.79 Å². The monoisotopic (exact) mass is 249 g/mol. The second-order valence-electron chi connectivity index (χ2n) is 3.84. The molecule has 1 aromatic rings. The van der Waals surface area contributed by atoms with E-state index in [1.165, 1.54) is 0 Å². The van der Waals surface area contributed by atoms with Gasteiger partial charge >= 0.3 is 6.09 Å². The SMILES string of the molecule is CC(C)OCCOC(=O)NC(=N)c1cc[c]cc1. The van der Waals surface area contributed by atoms with Crippen LogP contribution in [0.2, 0.25) is 0 Å². The highest BCUT2D eigenvalue weighted by Gasteiger charge is 2.07. The molecule has 0 unspecified atom stereocenters. The van der Waals surface area contributed by atoms with Gasteiger partial charge in [-0.25, -0.2) is 4.79 Å². The minimum atomic E-state index is -0.653. The molecule has 0 saturated carbocycles. The summed E-state index contributed by atoms with van der Waals surface area (Å²) in [5.74, 6) is -0.00113. The van der Waals surface area contributed by atoms with Gasteiger partial charge in [-0.3, -0.25) is 10.7 Å². The summed E-state index contributed by atoms with van der Waals surface area (Å²) in [5.41, 5.74) is 0.601. The van der Waals surface area contributed by atoms with Gasteiger partial charge in [0, 0.05) is 5.56 Å². The third-order valence-electron chi connectivity index (χ3n) is 2.00. The van der Waals surface area contributed by atoms with Crippen molar-refractivity contribution in [2.24, 2.45) is 0 Å². The van der Waals surface area contributed by atoms with Gasteiger partial charge in [0.05, 0.1) is 12.7 Å². The zero-order valence-electron chi connectivity index (χ0n) is 10.5. The van der Waals surface area contributed by atoms with Crippen molar-refractivity contribution in [1.29, 1.82) is 5.41 Å². The Balaban J connectivity index is 2.26. The molecular weight excluding hydrogens is 232 g/mol. The first kappa shape index (κ1) is 14.2. The molecule has 1 radical (unpaired) electrons. The zero-order chi connectivity index (χ0) is 13.4. The summed E-state index contributed by atoms with van der Waals surface area (Å²) in [6.07, 6.45) is -0.546. The Kier molecular flexibility index (Phi) is 5.87. The van der Waals surface area contributed by atoms with Crippen LogP contribution in [-0.2, 0) is 9.47 Å². The average Bonchev–Trinajstić information content (AvgIpc) is 2.35. The lowest BCUT2D eigenvalue weighted by atomic mass is 10.2. The van der Waals surface area contributed by atoms with Gasteiger partial charge in [0.25, 0.3) is 0 Å². The number of hydrogen-bond donors (Lipinski definition) is 2. The van der Waals surface area contributed by atoms with E-state index in [4.69, 9.17) is 14.9 Å². The van der Waals surface area contributed by atoms with E-state index in [1.54, 1.807) is 24.3 Å². The fourth-order valence-corrected chi connectivity index (χ4v) is 1.18. The maximum absolute atomic E-state index is 11.3. The van der Waals surface area contributed by atoms with Gasteiger partial charge in [-0.1, -0.05) is 24.3 Å². The van der Waals surface area contributed by atoms with Gasteiger partial charge in [0.2, 0.25) is 0 Å². The fraction of sp³-hybridized carbons (Fsp3) is 0.385. The van der Waals surface area contributed by atoms with Crippen LogP contribution in [0.1, 0.15) is 19.4 Å². The van der Waals surface area contributed by atoms with E-state index in [1.807, 2.05) is 13.8 Å². The van der Waals surface area contributed by atoms with Gasteiger partial charge in [-0.15, -0.1) is 0 Å². The molecule has 0 saturated heterocycles. The topological polar surface area (TPSA) is 71.4 Å². The van der Waals surface area contributed by atoms with Crippen molar-refractivity contribution in [2.75, 3.05) is 13.2 Å². The van der Waals surface area contributed by atoms with Crippen molar-refractivity contribution < 1.29 is 14.3 Å². The summed E-state index contributed by atoms with van der Waals surface area (Å²) in [6, 6.07) is 9.55. The smallest absolute Gasteiger partial charge is 0.412 e. The van der Waals surface area contributed by atoms with Crippen molar-refractivity contribution >= 4 is 11.9 Å². The molecule has 5 nitrogen and oxygen atoms in total. The molecule has 1 amide bonds. The molecule has 0 aliphatic rings. The molecule has 0 fully saturated rings. The van der Waals surface area contributed by atoms with E-state index >= 15 is 0 Å². The number of benzene rings is 1. The molecule has 0 bridgehead atoms. The molecule has 18 heavy (non-hydrogen) atoms. The Morgan fingerprint density at radius 2 is 2.06 bits per heavy atom. The number of carbonyl (C=O) groups is 1. The van der Waals surface area contributed by atoms with Crippen molar-refractivity contribution in [3.8, 4) is 0 Å². The highest BCUT2D eigenvalue weighted by molar-refractivity contribution is 6.04. The minimum absolute atomic E-state index is 0.00113. The maximum Gasteiger partial charge on any atom is 0.412 e. The zero-order valence-corrected chi connectivity index (χ0v) is 10.5. The van der Waals surface area contributed by atoms with Gasteiger partial charge in [0.1, 0.15) is 12.4 Å². The molecule has 5 heteroatoms. The molecular formula is C13H17N2O3. The molecule has 1 rings (SSSR count). The minimum Gasteiger partial charge on any atom is -0.447 e. The first-order chi connectivity index (χ1) is 8.59. The summed E-state index contributed by atoms with van der Waals surface area (Å²) < 4.78 is 10.1. The van der Waals surface area contributed by atoms with Gasteiger partial charge in [-0.2, -0.15) is 0 Å². The number of rotatable bonds is 5. The molecule has 0 spiro atoms. The number of amidine groups is 1. The predicted molar refractivity (Wildman–Crippen MR) is 67.7 cm³/mol. The van der Waals surface area contributed by atoms with Crippen molar-refractivity contribution in [2.45, 2.75) is 20.0 Å². The number of amides is 1. The largest absolute Gasteiger partial charge is 0.447 e. The number of hydrogen-bond acceptors (Lipinski definition) is 4. The maximum atomic E-state index is 11.3. The number of carbonyl (C=O) groups excluding carboxylic acids is 1. The standard InChI is InChI=1S/C13H17N2O3/c1-10(2)17-8-9-18-13(16)15-12(14)11-6-4-3-5-7-11/h4-7,10H,8-9H2,1-2H3,(H2,14,15,16). The second-order valence-corrected chi connectivity index (χ2v) is 3.84. The van der Waals surface area contributed by atoms with Gasteiger partial charge in [-0.05, 0) is 19.9 Å². The number of ether oxygens (including phenoxy) is 2. The Bertz CT molecular complexity index is 390. The van der Waals surface area contributed by atoms with Crippen LogP contribution in [0.5, 0.6) is 0 Å². The first-order valence-electron chi connectivity index (χ1n) is 5.70. The lowest BCUT2D eigenvalue weighted by Crippen LogP contribution is -2.31. The van der Waals surface area contributed by atoms with E-state index in [0.29, 0.717) is 12.2 Å². The van der Waals surface area contributed by atoms with E-state index < -0.39 is 6.09 Å². The molecule has 1 aromatic carbocycles. The van der Waals surface area contributed by atoms with Crippen molar-refractivity contribution in [3.63, 3.8) is 0 Å². The average molecular weight is 249 g/mol.